The van der Waals surface area contributed by atoms with Gasteiger partial charge in [-0.25, -0.2) is 0 Å². The van der Waals surface area contributed by atoms with E-state index in [1.165, 1.54) is 54.7 Å². The maximum absolute atomic E-state index is 14.0. The lowest BCUT2D eigenvalue weighted by molar-refractivity contribution is 1.17. The minimum absolute atomic E-state index is 0.0257. The van der Waals surface area contributed by atoms with Gasteiger partial charge in [-0.2, -0.15) is 0 Å². The molecule has 0 amide bonds. The zero-order valence-corrected chi connectivity index (χ0v) is 35.1. The van der Waals surface area contributed by atoms with Crippen molar-refractivity contribution < 1.29 is 0 Å². The molecular formula is C61H37N3O. The van der Waals surface area contributed by atoms with Gasteiger partial charge in [-0.15, -0.1) is 0 Å². The molecule has 0 saturated carbocycles. The van der Waals surface area contributed by atoms with Crippen LogP contribution in [-0.4, -0.2) is 13.5 Å². The van der Waals surface area contributed by atoms with Crippen LogP contribution in [0.25, 0.3) is 126 Å². The molecule has 10 aromatic carbocycles. The molecule has 0 bridgehead atoms. The average molecular weight is 828 g/mol. The van der Waals surface area contributed by atoms with E-state index >= 15 is 0 Å². The first-order valence-corrected chi connectivity index (χ1v) is 22.2. The van der Waals surface area contributed by atoms with Gasteiger partial charge >= 0.3 is 0 Å². The van der Waals surface area contributed by atoms with Crippen LogP contribution < -0.4 is 5.56 Å². The molecule has 0 fully saturated rings. The Kier molecular flexibility index (Phi) is 7.51. The van der Waals surface area contributed by atoms with Crippen molar-refractivity contribution in [3.63, 3.8) is 0 Å². The number of hydrogen-bond donors (Lipinski definition) is 0. The van der Waals surface area contributed by atoms with Crippen LogP contribution in [0.5, 0.6) is 0 Å². The number of benzene rings is 10. The maximum atomic E-state index is 14.0. The van der Waals surface area contributed by atoms with Gasteiger partial charge in [-0.3, -0.25) is 9.20 Å². The van der Waals surface area contributed by atoms with Gasteiger partial charge in [0.2, 0.25) is 0 Å². The van der Waals surface area contributed by atoms with Crippen molar-refractivity contribution in [1.29, 1.82) is 0 Å². The van der Waals surface area contributed by atoms with E-state index in [0.29, 0.717) is 0 Å². The van der Waals surface area contributed by atoms with E-state index in [9.17, 15) is 4.79 Å². The molecule has 14 aromatic rings. The zero-order valence-electron chi connectivity index (χ0n) is 35.1. The van der Waals surface area contributed by atoms with Crippen LogP contribution in [-0.2, 0) is 0 Å². The van der Waals surface area contributed by atoms with E-state index in [4.69, 9.17) is 0 Å². The minimum atomic E-state index is 0.0257. The van der Waals surface area contributed by atoms with Crippen molar-refractivity contribution in [2.75, 3.05) is 0 Å². The summed E-state index contributed by atoms with van der Waals surface area (Å²) in [5.41, 5.74) is 15.8. The van der Waals surface area contributed by atoms with Crippen molar-refractivity contribution in [2.24, 2.45) is 0 Å². The van der Waals surface area contributed by atoms with Gasteiger partial charge < -0.3 is 9.13 Å². The largest absolute Gasteiger partial charge is 0.309 e. The predicted molar refractivity (Wildman–Crippen MR) is 272 cm³/mol. The molecule has 0 spiro atoms. The fourth-order valence-electron chi connectivity index (χ4n) is 10.9. The third-order valence-electron chi connectivity index (χ3n) is 13.8. The monoisotopic (exact) mass is 827 g/mol. The molecule has 14 rings (SSSR count). The summed E-state index contributed by atoms with van der Waals surface area (Å²) in [6, 6.07) is 80.5. The molecule has 0 radical (unpaired) electrons. The predicted octanol–water partition coefficient (Wildman–Crippen LogP) is 15.4. The highest BCUT2D eigenvalue weighted by atomic mass is 16.1. The van der Waals surface area contributed by atoms with Crippen LogP contribution in [0, 0.1) is 0 Å². The van der Waals surface area contributed by atoms with Crippen molar-refractivity contribution >= 4 is 81.6 Å². The molecular weight excluding hydrogens is 791 g/mol. The van der Waals surface area contributed by atoms with E-state index in [-0.39, 0.29) is 5.56 Å². The summed E-state index contributed by atoms with van der Waals surface area (Å²) in [6.07, 6.45) is 0. The number of hydrogen-bond acceptors (Lipinski definition) is 1. The molecule has 0 aliphatic carbocycles. The minimum Gasteiger partial charge on any atom is -0.309 e. The van der Waals surface area contributed by atoms with Crippen LogP contribution in [0.4, 0.5) is 0 Å². The van der Waals surface area contributed by atoms with Crippen LogP contribution in [0.3, 0.4) is 0 Å². The Bertz CT molecular complexity index is 4310. The second-order valence-electron chi connectivity index (χ2n) is 17.2. The summed E-state index contributed by atoms with van der Waals surface area (Å²) in [5.74, 6) is 0. The lowest BCUT2D eigenvalue weighted by Gasteiger charge is -2.12. The van der Waals surface area contributed by atoms with Gasteiger partial charge in [0.1, 0.15) is 0 Å². The zero-order chi connectivity index (χ0) is 42.8. The molecule has 0 aliphatic rings. The molecule has 0 N–H and O–H groups in total. The summed E-state index contributed by atoms with van der Waals surface area (Å²) in [5, 5.41) is 9.97. The van der Waals surface area contributed by atoms with Gasteiger partial charge in [-0.1, -0.05) is 146 Å². The number of fused-ring (bicyclic) bond motifs is 12. The maximum Gasteiger partial charge on any atom is 0.263 e. The van der Waals surface area contributed by atoms with Gasteiger partial charge in [0.05, 0.1) is 33.1 Å². The first-order chi connectivity index (χ1) is 32.2. The lowest BCUT2D eigenvalue weighted by Crippen LogP contribution is -2.12. The Morgan fingerprint density at radius 3 is 1.49 bits per heavy atom. The molecule has 302 valence electrons. The fourth-order valence-corrected chi connectivity index (χ4v) is 10.9. The number of pyridine rings is 1. The standard InChI is InChI=1S/C61H37N3O/c65-61-49-23-8-7-22-46(49)47-25-13-26-48-51-36-43(29-30-54(51)64(61)60(47)48)40-17-11-16-39(34-40)41-18-12-21-45(35-41)63-53-27-10-9-24-50(53)58-56(63)32-33-57-59(58)52-37-42(38-14-3-1-4-15-38)28-31-55(52)62(57)44-19-5-2-6-20-44/h1-37H. The van der Waals surface area contributed by atoms with Crippen LogP contribution in [0.1, 0.15) is 0 Å². The second-order valence-corrected chi connectivity index (χ2v) is 17.2. The molecule has 4 nitrogen and oxygen atoms in total. The summed E-state index contributed by atoms with van der Waals surface area (Å²) < 4.78 is 6.77. The molecule has 4 heteroatoms. The number of nitrogens with zero attached hydrogens (tertiary/aromatic N) is 3. The molecule has 4 aromatic heterocycles. The summed E-state index contributed by atoms with van der Waals surface area (Å²) in [7, 11) is 0. The first-order valence-electron chi connectivity index (χ1n) is 22.2. The normalized spacial score (nSPS) is 12.1. The lowest BCUT2D eigenvalue weighted by atomic mass is 9.97. The van der Waals surface area contributed by atoms with Crippen LogP contribution in [0.15, 0.2) is 229 Å². The van der Waals surface area contributed by atoms with Gasteiger partial charge in [0, 0.05) is 54.5 Å². The Labute approximate surface area is 373 Å². The highest BCUT2D eigenvalue weighted by molar-refractivity contribution is 6.29. The highest BCUT2D eigenvalue weighted by Gasteiger charge is 2.22. The van der Waals surface area contributed by atoms with E-state index in [2.05, 4.69) is 215 Å². The molecule has 0 unspecified atom stereocenters. The molecule has 0 aliphatic heterocycles. The van der Waals surface area contributed by atoms with Gasteiger partial charge in [0.25, 0.3) is 5.56 Å². The Morgan fingerprint density at radius 2 is 0.723 bits per heavy atom. The summed E-state index contributed by atoms with van der Waals surface area (Å²) in [4.78, 5) is 14.0. The molecule has 0 saturated heterocycles. The van der Waals surface area contributed by atoms with Crippen LogP contribution in [0.2, 0.25) is 0 Å². The quantitative estimate of drug-likeness (QED) is 0.159. The molecule has 0 atom stereocenters. The van der Waals surface area contributed by atoms with Crippen molar-refractivity contribution in [1.82, 2.24) is 13.5 Å². The second kappa shape index (κ2) is 13.6. The Balaban J connectivity index is 0.937. The summed E-state index contributed by atoms with van der Waals surface area (Å²) >= 11 is 0. The smallest absolute Gasteiger partial charge is 0.263 e. The Morgan fingerprint density at radius 1 is 0.262 bits per heavy atom. The van der Waals surface area contributed by atoms with Gasteiger partial charge in [-0.05, 0) is 118 Å². The molecule has 4 heterocycles. The summed E-state index contributed by atoms with van der Waals surface area (Å²) in [6.45, 7) is 0. The third kappa shape index (κ3) is 5.16. The number of para-hydroxylation sites is 3. The van der Waals surface area contributed by atoms with Crippen molar-refractivity contribution in [3.05, 3.63) is 235 Å². The first kappa shape index (κ1) is 35.8. The molecule has 65 heavy (non-hydrogen) atoms. The van der Waals surface area contributed by atoms with E-state index in [0.717, 1.165) is 71.6 Å². The van der Waals surface area contributed by atoms with Crippen molar-refractivity contribution in [2.45, 2.75) is 0 Å². The van der Waals surface area contributed by atoms with Gasteiger partial charge in [0.15, 0.2) is 0 Å². The number of rotatable bonds is 5. The van der Waals surface area contributed by atoms with Crippen molar-refractivity contribution in [3.8, 4) is 44.8 Å². The topological polar surface area (TPSA) is 31.3 Å². The fraction of sp³-hybridized carbons (Fsp3) is 0. The number of aromatic nitrogens is 3. The Hall–Kier alpha value is -8.73. The van der Waals surface area contributed by atoms with E-state index < -0.39 is 0 Å². The third-order valence-corrected chi connectivity index (χ3v) is 13.8. The SMILES string of the molecule is O=c1c2ccccc2c2cccc3c4cc(-c5cccc(-c6cccc(-n7c8ccccc8c8c9c%10cc(-c%11ccccc%11)ccc%10n(-c%10ccccc%10)c9ccc87)c6)c5)ccc4n1c23. The highest BCUT2D eigenvalue weighted by Crippen LogP contribution is 2.44. The average Bonchev–Trinajstić information content (AvgIpc) is 4.02. The van der Waals surface area contributed by atoms with Crippen LogP contribution >= 0.6 is 0 Å². The van der Waals surface area contributed by atoms with E-state index in [1.54, 1.807) is 0 Å². The van der Waals surface area contributed by atoms with E-state index in [1.807, 2.05) is 22.6 Å².